The van der Waals surface area contributed by atoms with E-state index in [2.05, 4.69) is 27.7 Å². The molecule has 0 bridgehead atoms. The van der Waals surface area contributed by atoms with Gasteiger partial charge in [0.25, 0.3) is 0 Å². The van der Waals surface area contributed by atoms with Gasteiger partial charge < -0.3 is 15.5 Å². The number of hydrogen-bond donors (Lipinski definition) is 2. The quantitative estimate of drug-likeness (QED) is 0.898. The average Bonchev–Trinajstić information content (AvgIpc) is 2.57. The van der Waals surface area contributed by atoms with Crippen LogP contribution in [0.1, 0.15) is 38.5 Å². The van der Waals surface area contributed by atoms with E-state index in [0.717, 1.165) is 38.2 Å². The Balaban J connectivity index is 1.70. The molecule has 114 valence electrons. The summed E-state index contributed by atoms with van der Waals surface area (Å²) in [6, 6.07) is 8.16. The molecule has 2 N–H and O–H groups in total. The van der Waals surface area contributed by atoms with Gasteiger partial charge in [-0.1, -0.05) is 18.6 Å². The Hall–Kier alpha value is -1.55. The molecule has 1 aromatic carbocycles. The lowest BCUT2D eigenvalue weighted by atomic mass is 10.0. The zero-order chi connectivity index (χ0) is 14.5. The molecule has 0 radical (unpaired) electrons. The number of rotatable bonds is 3. The molecule has 3 rings (SSSR count). The minimum absolute atomic E-state index is 0.0341. The van der Waals surface area contributed by atoms with Crippen LogP contribution in [0, 0.1) is 0 Å². The number of carbonyl (C=O) groups excluding carboxylic acids is 1. The fourth-order valence-corrected chi connectivity index (χ4v) is 3.29. The van der Waals surface area contributed by atoms with E-state index in [1.54, 1.807) is 0 Å². The fraction of sp³-hybridized carbons (Fsp3) is 0.588. The van der Waals surface area contributed by atoms with Crippen LogP contribution >= 0.6 is 0 Å². The molecular weight excluding hydrogens is 262 g/mol. The Morgan fingerprint density at radius 3 is 2.67 bits per heavy atom. The lowest BCUT2D eigenvalue weighted by Gasteiger charge is -2.31. The highest BCUT2D eigenvalue weighted by Gasteiger charge is 2.22. The summed E-state index contributed by atoms with van der Waals surface area (Å²) >= 11 is 0. The van der Waals surface area contributed by atoms with Gasteiger partial charge in [0.05, 0.1) is 17.4 Å². The van der Waals surface area contributed by atoms with E-state index in [1.165, 1.54) is 31.4 Å². The van der Waals surface area contributed by atoms with Gasteiger partial charge in [-0.3, -0.25) is 4.79 Å². The first-order chi connectivity index (χ1) is 10.3. The van der Waals surface area contributed by atoms with Crippen molar-refractivity contribution >= 4 is 17.3 Å². The van der Waals surface area contributed by atoms with Crippen LogP contribution in [0.25, 0.3) is 0 Å². The third-order valence-electron chi connectivity index (χ3n) is 4.49. The molecule has 0 unspecified atom stereocenters. The molecular formula is C17H25N3O. The SMILES string of the molecule is O=C(Nc1ccccc1N1CCCCC1)[C@@H]1CCCCN1. The fourth-order valence-electron chi connectivity index (χ4n) is 3.29. The van der Waals surface area contributed by atoms with Crippen molar-refractivity contribution in [3.63, 3.8) is 0 Å². The molecule has 2 fully saturated rings. The Morgan fingerprint density at radius 1 is 1.10 bits per heavy atom. The third kappa shape index (κ3) is 3.56. The number of nitrogens with zero attached hydrogens (tertiary/aromatic N) is 1. The van der Waals surface area contributed by atoms with Gasteiger partial charge in [-0.2, -0.15) is 0 Å². The molecule has 4 nitrogen and oxygen atoms in total. The van der Waals surface area contributed by atoms with Gasteiger partial charge >= 0.3 is 0 Å². The number of benzene rings is 1. The lowest BCUT2D eigenvalue weighted by Crippen LogP contribution is -2.43. The average molecular weight is 287 g/mol. The Kier molecular flexibility index (Phi) is 4.76. The van der Waals surface area contributed by atoms with Crippen LogP contribution in [-0.4, -0.2) is 31.6 Å². The standard InChI is InChI=1S/C17H25N3O/c21-17(15-9-4-5-11-18-15)19-14-8-2-3-10-16(14)20-12-6-1-7-13-20/h2-3,8,10,15,18H,1,4-7,9,11-13H2,(H,19,21)/t15-/m0/s1. The second-order valence-corrected chi connectivity index (χ2v) is 6.06. The van der Waals surface area contributed by atoms with Crippen molar-refractivity contribution in [3.8, 4) is 0 Å². The van der Waals surface area contributed by atoms with Gasteiger partial charge in [-0.25, -0.2) is 0 Å². The molecule has 1 atom stereocenters. The number of carbonyl (C=O) groups is 1. The Labute approximate surface area is 126 Å². The summed E-state index contributed by atoms with van der Waals surface area (Å²) in [5, 5.41) is 6.45. The number of nitrogens with one attached hydrogen (secondary N) is 2. The highest BCUT2D eigenvalue weighted by molar-refractivity contribution is 5.97. The van der Waals surface area contributed by atoms with Crippen molar-refractivity contribution in [2.45, 2.75) is 44.6 Å². The topological polar surface area (TPSA) is 44.4 Å². The second kappa shape index (κ2) is 6.94. The summed E-state index contributed by atoms with van der Waals surface area (Å²) in [6.45, 7) is 3.13. The van der Waals surface area contributed by atoms with Gasteiger partial charge in [0.2, 0.25) is 5.91 Å². The number of amides is 1. The summed E-state index contributed by atoms with van der Waals surface area (Å²) in [7, 11) is 0. The first-order valence-electron chi connectivity index (χ1n) is 8.23. The van der Waals surface area contributed by atoms with Crippen molar-refractivity contribution in [2.75, 3.05) is 29.9 Å². The van der Waals surface area contributed by atoms with Crippen molar-refractivity contribution in [1.82, 2.24) is 5.32 Å². The first kappa shape index (κ1) is 14.4. The van der Waals surface area contributed by atoms with E-state index in [9.17, 15) is 4.79 Å². The van der Waals surface area contributed by atoms with E-state index in [-0.39, 0.29) is 11.9 Å². The van der Waals surface area contributed by atoms with E-state index >= 15 is 0 Å². The Morgan fingerprint density at radius 2 is 1.90 bits per heavy atom. The predicted octanol–water partition coefficient (Wildman–Crippen LogP) is 2.76. The second-order valence-electron chi connectivity index (χ2n) is 6.06. The van der Waals surface area contributed by atoms with E-state index in [0.29, 0.717) is 0 Å². The van der Waals surface area contributed by atoms with E-state index in [1.807, 2.05) is 12.1 Å². The van der Waals surface area contributed by atoms with Gasteiger partial charge in [0.1, 0.15) is 0 Å². The molecule has 1 amide bonds. The molecule has 2 heterocycles. The zero-order valence-corrected chi connectivity index (χ0v) is 12.6. The molecule has 4 heteroatoms. The van der Waals surface area contributed by atoms with Crippen molar-refractivity contribution in [2.24, 2.45) is 0 Å². The monoisotopic (exact) mass is 287 g/mol. The van der Waals surface area contributed by atoms with Crippen LogP contribution in [0.3, 0.4) is 0 Å². The van der Waals surface area contributed by atoms with Crippen LogP contribution in [0.2, 0.25) is 0 Å². The van der Waals surface area contributed by atoms with Crippen LogP contribution in [-0.2, 0) is 4.79 Å². The van der Waals surface area contributed by atoms with Crippen LogP contribution in [0.4, 0.5) is 11.4 Å². The molecule has 2 aliphatic heterocycles. The van der Waals surface area contributed by atoms with Crippen molar-refractivity contribution < 1.29 is 4.79 Å². The minimum Gasteiger partial charge on any atom is -0.370 e. The largest absolute Gasteiger partial charge is 0.370 e. The summed E-state index contributed by atoms with van der Waals surface area (Å²) < 4.78 is 0. The minimum atomic E-state index is -0.0341. The van der Waals surface area contributed by atoms with Gasteiger partial charge in [-0.15, -0.1) is 0 Å². The van der Waals surface area contributed by atoms with Gasteiger partial charge in [0, 0.05) is 13.1 Å². The van der Waals surface area contributed by atoms with Crippen molar-refractivity contribution in [1.29, 1.82) is 0 Å². The molecule has 0 aromatic heterocycles. The number of anilines is 2. The van der Waals surface area contributed by atoms with Gasteiger partial charge in [0.15, 0.2) is 0 Å². The molecule has 2 saturated heterocycles. The van der Waals surface area contributed by atoms with E-state index < -0.39 is 0 Å². The van der Waals surface area contributed by atoms with E-state index in [4.69, 9.17) is 0 Å². The third-order valence-corrected chi connectivity index (χ3v) is 4.49. The maximum atomic E-state index is 12.4. The lowest BCUT2D eigenvalue weighted by molar-refractivity contribution is -0.118. The number of piperidine rings is 2. The molecule has 0 aliphatic carbocycles. The van der Waals surface area contributed by atoms with Crippen LogP contribution < -0.4 is 15.5 Å². The first-order valence-corrected chi connectivity index (χ1v) is 8.23. The predicted molar refractivity (Wildman–Crippen MR) is 86.8 cm³/mol. The smallest absolute Gasteiger partial charge is 0.241 e. The summed E-state index contributed by atoms with van der Waals surface area (Å²) in [5.74, 6) is 0.110. The maximum absolute atomic E-state index is 12.4. The number of hydrogen-bond acceptors (Lipinski definition) is 3. The number of para-hydroxylation sites is 2. The Bertz CT molecular complexity index is 477. The highest BCUT2D eigenvalue weighted by Crippen LogP contribution is 2.28. The zero-order valence-electron chi connectivity index (χ0n) is 12.6. The normalized spacial score (nSPS) is 22.9. The van der Waals surface area contributed by atoms with Crippen LogP contribution in [0.15, 0.2) is 24.3 Å². The highest BCUT2D eigenvalue weighted by atomic mass is 16.2. The van der Waals surface area contributed by atoms with Crippen LogP contribution in [0.5, 0.6) is 0 Å². The molecule has 1 aromatic rings. The maximum Gasteiger partial charge on any atom is 0.241 e. The molecule has 2 aliphatic rings. The molecule has 0 spiro atoms. The summed E-state index contributed by atoms with van der Waals surface area (Å²) in [4.78, 5) is 14.8. The molecule has 0 saturated carbocycles. The van der Waals surface area contributed by atoms with Crippen molar-refractivity contribution in [3.05, 3.63) is 24.3 Å². The summed E-state index contributed by atoms with van der Waals surface area (Å²) in [6.07, 6.45) is 7.06. The van der Waals surface area contributed by atoms with Gasteiger partial charge in [-0.05, 0) is 50.8 Å². The summed E-state index contributed by atoms with van der Waals surface area (Å²) in [5.41, 5.74) is 2.12. The molecule has 21 heavy (non-hydrogen) atoms.